The number of aryl methyl sites for hydroxylation is 1. The monoisotopic (exact) mass is 345 g/mol. The third-order valence-corrected chi connectivity index (χ3v) is 4.50. The predicted octanol–water partition coefficient (Wildman–Crippen LogP) is 4.01. The average Bonchev–Trinajstić information content (AvgIpc) is 3.31. The second-order valence-corrected chi connectivity index (χ2v) is 6.21. The first kappa shape index (κ1) is 16.1. The molecule has 1 amide bonds. The molecule has 0 unspecified atom stereocenters. The number of para-hydroxylation sites is 1. The van der Waals surface area contributed by atoms with E-state index in [2.05, 4.69) is 27.8 Å². The summed E-state index contributed by atoms with van der Waals surface area (Å²) in [5, 5.41) is 1.16. The van der Waals surface area contributed by atoms with Crippen molar-refractivity contribution in [3.05, 3.63) is 90.3 Å². The van der Waals surface area contributed by atoms with Gasteiger partial charge in [0.05, 0.1) is 25.0 Å². The molecule has 0 atom stereocenters. The van der Waals surface area contributed by atoms with Crippen molar-refractivity contribution in [3.8, 4) is 0 Å². The van der Waals surface area contributed by atoms with Gasteiger partial charge in [0, 0.05) is 24.5 Å². The van der Waals surface area contributed by atoms with Crippen LogP contribution in [0.2, 0.25) is 0 Å². The van der Waals surface area contributed by atoms with Crippen LogP contribution in [0, 0.1) is 0 Å². The van der Waals surface area contributed by atoms with Crippen molar-refractivity contribution >= 4 is 16.8 Å². The van der Waals surface area contributed by atoms with Gasteiger partial charge in [0.15, 0.2) is 5.76 Å². The third-order valence-electron chi connectivity index (χ3n) is 4.50. The van der Waals surface area contributed by atoms with Gasteiger partial charge in [-0.05, 0) is 41.8 Å². The Morgan fingerprint density at radius 3 is 2.65 bits per heavy atom. The van der Waals surface area contributed by atoms with E-state index in [0.717, 1.165) is 22.3 Å². The lowest BCUT2D eigenvalue weighted by Crippen LogP contribution is -2.31. The summed E-state index contributed by atoms with van der Waals surface area (Å²) in [5.41, 5.74) is 3.04. The van der Waals surface area contributed by atoms with Crippen LogP contribution < -0.4 is 0 Å². The van der Waals surface area contributed by atoms with Gasteiger partial charge in [0.2, 0.25) is 0 Å². The van der Waals surface area contributed by atoms with E-state index in [9.17, 15) is 4.79 Å². The predicted molar refractivity (Wildman–Crippen MR) is 99.4 cm³/mol. The van der Waals surface area contributed by atoms with Crippen molar-refractivity contribution in [1.29, 1.82) is 0 Å². The van der Waals surface area contributed by atoms with Crippen molar-refractivity contribution in [3.63, 3.8) is 0 Å². The van der Waals surface area contributed by atoms with Crippen LogP contribution in [0.25, 0.3) is 10.9 Å². The fraction of sp³-hybridized carbons (Fsp3) is 0.143. The maximum atomic E-state index is 12.9. The summed E-state index contributed by atoms with van der Waals surface area (Å²) in [6, 6.07) is 19.4. The summed E-state index contributed by atoms with van der Waals surface area (Å²) in [6.07, 6.45) is 3.25. The van der Waals surface area contributed by atoms with Crippen LogP contribution in [-0.4, -0.2) is 20.4 Å². The Balaban J connectivity index is 1.67. The molecular weight excluding hydrogens is 326 g/mol. The average molecular weight is 345 g/mol. The molecule has 26 heavy (non-hydrogen) atoms. The van der Waals surface area contributed by atoms with E-state index in [1.807, 2.05) is 37.4 Å². The summed E-state index contributed by atoms with van der Waals surface area (Å²) in [5.74, 6) is 0.186. The highest BCUT2D eigenvalue weighted by atomic mass is 16.3. The van der Waals surface area contributed by atoms with E-state index in [4.69, 9.17) is 4.42 Å². The van der Waals surface area contributed by atoms with E-state index >= 15 is 0 Å². The normalized spacial score (nSPS) is 11.0. The lowest BCUT2D eigenvalue weighted by atomic mass is 10.2. The first-order valence-electron chi connectivity index (χ1n) is 8.48. The smallest absolute Gasteiger partial charge is 0.290 e. The number of nitrogens with zero attached hydrogens (tertiary/aromatic N) is 3. The molecule has 0 N–H and O–H groups in total. The molecule has 130 valence electrons. The Kier molecular flexibility index (Phi) is 4.27. The first-order valence-corrected chi connectivity index (χ1v) is 8.48. The van der Waals surface area contributed by atoms with Gasteiger partial charge in [-0.15, -0.1) is 0 Å². The maximum absolute atomic E-state index is 12.9. The Morgan fingerprint density at radius 1 is 1.08 bits per heavy atom. The third kappa shape index (κ3) is 3.11. The molecule has 0 saturated carbocycles. The van der Waals surface area contributed by atoms with Gasteiger partial charge in [-0.25, -0.2) is 0 Å². The number of carbonyl (C=O) groups is 1. The topological polar surface area (TPSA) is 51.3 Å². The molecule has 3 aromatic heterocycles. The Hall–Kier alpha value is -3.34. The van der Waals surface area contributed by atoms with Crippen molar-refractivity contribution < 1.29 is 9.21 Å². The second-order valence-electron chi connectivity index (χ2n) is 6.21. The van der Waals surface area contributed by atoms with Gasteiger partial charge in [-0.3, -0.25) is 9.78 Å². The molecule has 0 aliphatic rings. The molecule has 0 aliphatic heterocycles. The molecule has 0 fully saturated rings. The first-order chi connectivity index (χ1) is 12.7. The SMILES string of the molecule is Cn1c(CN(Cc2ccccn2)C(=O)c2ccco2)cc2ccccc21. The van der Waals surface area contributed by atoms with E-state index in [1.54, 1.807) is 23.2 Å². The molecule has 1 aromatic carbocycles. The molecule has 4 aromatic rings. The minimum Gasteiger partial charge on any atom is -0.459 e. The number of carbonyl (C=O) groups excluding carboxylic acids is 1. The number of aromatic nitrogens is 2. The molecule has 0 bridgehead atoms. The molecule has 0 aliphatic carbocycles. The standard InChI is InChI=1S/C21H19N3O2/c1-23-18(13-16-7-2-3-9-19(16)23)15-24(14-17-8-4-5-11-22-17)21(25)20-10-6-12-26-20/h2-13H,14-15H2,1H3. The Morgan fingerprint density at radius 2 is 1.92 bits per heavy atom. The van der Waals surface area contributed by atoms with Crippen LogP contribution in [0.5, 0.6) is 0 Å². The minimum atomic E-state index is -0.147. The van der Waals surface area contributed by atoms with E-state index in [-0.39, 0.29) is 5.91 Å². The zero-order chi connectivity index (χ0) is 17.9. The molecule has 3 heterocycles. The summed E-state index contributed by atoms with van der Waals surface area (Å²) in [7, 11) is 2.02. The van der Waals surface area contributed by atoms with Crippen LogP contribution in [0.1, 0.15) is 21.9 Å². The zero-order valence-corrected chi connectivity index (χ0v) is 14.5. The lowest BCUT2D eigenvalue weighted by molar-refractivity contribution is 0.0692. The van der Waals surface area contributed by atoms with E-state index in [1.165, 1.54) is 6.26 Å². The fourth-order valence-corrected chi connectivity index (χ4v) is 3.14. The molecule has 4 rings (SSSR count). The zero-order valence-electron chi connectivity index (χ0n) is 14.5. The van der Waals surface area contributed by atoms with Crippen LogP contribution in [-0.2, 0) is 20.1 Å². The maximum Gasteiger partial charge on any atom is 0.290 e. The van der Waals surface area contributed by atoms with E-state index in [0.29, 0.717) is 18.8 Å². The summed E-state index contributed by atoms with van der Waals surface area (Å²) in [6.45, 7) is 0.892. The summed E-state index contributed by atoms with van der Waals surface area (Å²) in [4.78, 5) is 19.1. The number of hydrogen-bond donors (Lipinski definition) is 0. The number of fused-ring (bicyclic) bond motifs is 1. The quantitative estimate of drug-likeness (QED) is 0.549. The molecule has 0 saturated heterocycles. The van der Waals surface area contributed by atoms with Crippen molar-refractivity contribution in [2.75, 3.05) is 0 Å². The van der Waals surface area contributed by atoms with E-state index < -0.39 is 0 Å². The second kappa shape index (κ2) is 6.88. The molecule has 0 radical (unpaired) electrons. The van der Waals surface area contributed by atoms with Crippen LogP contribution in [0.4, 0.5) is 0 Å². The summed E-state index contributed by atoms with van der Waals surface area (Å²) >= 11 is 0. The largest absolute Gasteiger partial charge is 0.459 e. The molecule has 5 nitrogen and oxygen atoms in total. The number of benzene rings is 1. The lowest BCUT2D eigenvalue weighted by Gasteiger charge is -2.22. The van der Waals surface area contributed by atoms with Crippen molar-refractivity contribution in [1.82, 2.24) is 14.5 Å². The molecular formula is C21H19N3O2. The van der Waals surface area contributed by atoms with Gasteiger partial charge < -0.3 is 13.9 Å². The number of furan rings is 1. The highest BCUT2D eigenvalue weighted by molar-refractivity contribution is 5.91. The van der Waals surface area contributed by atoms with Crippen LogP contribution in [0.3, 0.4) is 0 Å². The summed E-state index contributed by atoms with van der Waals surface area (Å²) < 4.78 is 7.44. The fourth-order valence-electron chi connectivity index (χ4n) is 3.14. The van der Waals surface area contributed by atoms with Crippen molar-refractivity contribution in [2.45, 2.75) is 13.1 Å². The number of hydrogen-bond acceptors (Lipinski definition) is 3. The van der Waals surface area contributed by atoms with Gasteiger partial charge >= 0.3 is 0 Å². The van der Waals surface area contributed by atoms with Gasteiger partial charge in [-0.2, -0.15) is 0 Å². The van der Waals surface area contributed by atoms with Gasteiger partial charge in [0.25, 0.3) is 5.91 Å². The molecule has 5 heteroatoms. The Labute approximate surface area is 151 Å². The number of amides is 1. The highest BCUT2D eigenvalue weighted by Crippen LogP contribution is 2.21. The number of rotatable bonds is 5. The van der Waals surface area contributed by atoms with Crippen LogP contribution in [0.15, 0.2) is 77.5 Å². The minimum absolute atomic E-state index is 0.147. The van der Waals surface area contributed by atoms with Gasteiger partial charge in [-0.1, -0.05) is 24.3 Å². The Bertz CT molecular complexity index is 1020. The van der Waals surface area contributed by atoms with Crippen LogP contribution >= 0.6 is 0 Å². The van der Waals surface area contributed by atoms with Crippen molar-refractivity contribution in [2.24, 2.45) is 7.05 Å². The number of pyridine rings is 1. The highest BCUT2D eigenvalue weighted by Gasteiger charge is 2.21. The van der Waals surface area contributed by atoms with Gasteiger partial charge in [0.1, 0.15) is 0 Å². The molecule has 0 spiro atoms.